The van der Waals surface area contributed by atoms with Crippen LogP contribution in [0, 0.1) is 10.1 Å². The number of hydrogen-bond acceptors (Lipinski definition) is 4. The maximum absolute atomic E-state index is 11.8. The lowest BCUT2D eigenvalue weighted by atomic mass is 10.0. The highest BCUT2D eigenvalue weighted by molar-refractivity contribution is 5.93. The van der Waals surface area contributed by atoms with Gasteiger partial charge in [-0.05, 0) is 30.9 Å². The molecule has 0 spiro atoms. The summed E-state index contributed by atoms with van der Waals surface area (Å²) in [5.74, 6) is -0.492. The molecule has 3 N–H and O–H groups in total. The number of carbonyl (C=O) groups excluding carboxylic acids is 1. The Hall–Kier alpha value is -1.89. The molecule has 1 aliphatic rings. The SMILES string of the molecule is CC1(NC(=O)c2ccc([N+](=O)[O-])[nH]2)CCNC1. The molecule has 0 aliphatic carbocycles. The van der Waals surface area contributed by atoms with Crippen molar-refractivity contribution in [2.45, 2.75) is 18.9 Å². The number of nitro groups is 1. The van der Waals surface area contributed by atoms with Crippen LogP contribution in [0.2, 0.25) is 0 Å². The van der Waals surface area contributed by atoms with Crippen molar-refractivity contribution in [3.63, 3.8) is 0 Å². The Bertz CT molecular complexity index is 448. The fraction of sp³-hybridized carbons (Fsp3) is 0.500. The van der Waals surface area contributed by atoms with Gasteiger partial charge in [0.25, 0.3) is 5.91 Å². The Balaban J connectivity index is 2.06. The molecule has 0 saturated carbocycles. The molecule has 0 bridgehead atoms. The van der Waals surface area contributed by atoms with Gasteiger partial charge >= 0.3 is 5.82 Å². The number of H-pyrrole nitrogens is 1. The molecule has 2 heterocycles. The van der Waals surface area contributed by atoms with Gasteiger partial charge in [-0.2, -0.15) is 0 Å². The number of amides is 1. The number of carbonyl (C=O) groups is 1. The van der Waals surface area contributed by atoms with Crippen molar-refractivity contribution in [3.05, 3.63) is 27.9 Å². The molecule has 1 atom stereocenters. The molecule has 2 rings (SSSR count). The summed E-state index contributed by atoms with van der Waals surface area (Å²) in [6.07, 6.45) is 0.849. The normalized spacial score (nSPS) is 23.6. The molecule has 17 heavy (non-hydrogen) atoms. The number of hydrogen-bond donors (Lipinski definition) is 3. The van der Waals surface area contributed by atoms with E-state index in [0.29, 0.717) is 6.54 Å². The highest BCUT2D eigenvalue weighted by Crippen LogP contribution is 2.15. The largest absolute Gasteiger partial charge is 0.358 e. The van der Waals surface area contributed by atoms with E-state index in [2.05, 4.69) is 15.6 Å². The standard InChI is InChI=1S/C10H14N4O3/c1-10(4-5-11-6-10)13-9(15)7-2-3-8(12-7)14(16)17/h2-3,11-12H,4-6H2,1H3,(H,13,15). The van der Waals surface area contributed by atoms with Gasteiger partial charge in [-0.1, -0.05) is 0 Å². The molecule has 0 radical (unpaired) electrons. The quantitative estimate of drug-likeness (QED) is 0.524. The van der Waals surface area contributed by atoms with Crippen molar-refractivity contribution in [2.75, 3.05) is 13.1 Å². The van der Waals surface area contributed by atoms with Crippen molar-refractivity contribution in [1.29, 1.82) is 0 Å². The van der Waals surface area contributed by atoms with Crippen LogP contribution < -0.4 is 10.6 Å². The fourth-order valence-corrected chi connectivity index (χ4v) is 1.89. The molecule has 1 aromatic heterocycles. The average Bonchev–Trinajstić information content (AvgIpc) is 2.86. The first-order valence-electron chi connectivity index (χ1n) is 5.37. The predicted octanol–water partition coefficient (Wildman–Crippen LogP) is 0.405. The van der Waals surface area contributed by atoms with Crippen molar-refractivity contribution in [3.8, 4) is 0 Å². The molecular weight excluding hydrogens is 224 g/mol. The zero-order chi connectivity index (χ0) is 12.5. The van der Waals surface area contributed by atoms with Gasteiger partial charge in [0.05, 0.1) is 5.54 Å². The number of nitrogens with zero attached hydrogens (tertiary/aromatic N) is 1. The summed E-state index contributed by atoms with van der Waals surface area (Å²) in [7, 11) is 0. The van der Waals surface area contributed by atoms with Gasteiger partial charge in [0.1, 0.15) is 0 Å². The van der Waals surface area contributed by atoms with E-state index in [1.165, 1.54) is 12.1 Å². The zero-order valence-corrected chi connectivity index (χ0v) is 9.45. The zero-order valence-electron chi connectivity index (χ0n) is 9.45. The molecule has 7 nitrogen and oxygen atoms in total. The van der Waals surface area contributed by atoms with E-state index in [9.17, 15) is 14.9 Å². The second-order valence-corrected chi connectivity index (χ2v) is 4.46. The summed E-state index contributed by atoms with van der Waals surface area (Å²) in [6.45, 7) is 3.52. The van der Waals surface area contributed by atoms with E-state index in [0.717, 1.165) is 13.0 Å². The Kier molecular flexibility index (Phi) is 2.84. The minimum absolute atomic E-state index is 0.176. The van der Waals surface area contributed by atoms with Gasteiger partial charge in [0.15, 0.2) is 5.69 Å². The van der Waals surface area contributed by atoms with E-state index >= 15 is 0 Å². The molecule has 7 heteroatoms. The van der Waals surface area contributed by atoms with E-state index in [-0.39, 0.29) is 23.0 Å². The molecule has 0 aromatic carbocycles. The number of rotatable bonds is 3. The van der Waals surface area contributed by atoms with E-state index in [1.807, 2.05) is 6.92 Å². The second-order valence-electron chi connectivity index (χ2n) is 4.46. The van der Waals surface area contributed by atoms with Gasteiger partial charge in [-0.25, -0.2) is 4.98 Å². The van der Waals surface area contributed by atoms with Crippen LogP contribution in [0.1, 0.15) is 23.8 Å². The van der Waals surface area contributed by atoms with Gasteiger partial charge in [-0.15, -0.1) is 0 Å². The fourth-order valence-electron chi connectivity index (χ4n) is 1.89. The van der Waals surface area contributed by atoms with Crippen LogP contribution in [0.5, 0.6) is 0 Å². The summed E-state index contributed by atoms with van der Waals surface area (Å²) in [5.41, 5.74) is -0.0680. The third-order valence-corrected chi connectivity index (χ3v) is 2.90. The van der Waals surface area contributed by atoms with Crippen molar-refractivity contribution >= 4 is 11.7 Å². The number of aromatic amines is 1. The van der Waals surface area contributed by atoms with Crippen LogP contribution in [0.25, 0.3) is 0 Å². The molecule has 1 saturated heterocycles. The minimum Gasteiger partial charge on any atom is -0.358 e. The van der Waals surface area contributed by atoms with Crippen LogP contribution in [0.4, 0.5) is 5.82 Å². The van der Waals surface area contributed by atoms with Gasteiger partial charge in [-0.3, -0.25) is 4.79 Å². The molecule has 1 unspecified atom stereocenters. The summed E-state index contributed by atoms with van der Waals surface area (Å²) >= 11 is 0. The first-order chi connectivity index (χ1) is 8.00. The van der Waals surface area contributed by atoms with Crippen LogP contribution in [0.15, 0.2) is 12.1 Å². The third kappa shape index (κ3) is 2.44. The topological polar surface area (TPSA) is 100 Å². The van der Waals surface area contributed by atoms with Crippen molar-refractivity contribution in [1.82, 2.24) is 15.6 Å². The molecule has 92 valence electrons. The highest BCUT2D eigenvalue weighted by Gasteiger charge is 2.31. The smallest absolute Gasteiger partial charge is 0.321 e. The van der Waals surface area contributed by atoms with Crippen LogP contribution in [-0.4, -0.2) is 34.4 Å². The molecule has 1 aliphatic heterocycles. The summed E-state index contributed by atoms with van der Waals surface area (Å²) in [4.78, 5) is 24.2. The lowest BCUT2D eigenvalue weighted by Gasteiger charge is -2.23. The Morgan fingerprint density at radius 1 is 1.59 bits per heavy atom. The minimum atomic E-state index is -0.560. The summed E-state index contributed by atoms with van der Waals surface area (Å²) in [6, 6.07) is 2.70. The summed E-state index contributed by atoms with van der Waals surface area (Å²) in [5, 5.41) is 16.5. The number of aromatic nitrogens is 1. The van der Waals surface area contributed by atoms with Gasteiger partial charge < -0.3 is 20.7 Å². The van der Waals surface area contributed by atoms with Gasteiger partial charge in [0, 0.05) is 12.6 Å². The monoisotopic (exact) mass is 238 g/mol. The van der Waals surface area contributed by atoms with E-state index in [1.54, 1.807) is 0 Å². The van der Waals surface area contributed by atoms with Crippen LogP contribution in [-0.2, 0) is 0 Å². The predicted molar refractivity (Wildman–Crippen MR) is 60.8 cm³/mol. The molecule has 1 fully saturated rings. The maximum atomic E-state index is 11.8. The van der Waals surface area contributed by atoms with Crippen molar-refractivity contribution in [2.24, 2.45) is 0 Å². The Labute approximate surface area is 97.7 Å². The Morgan fingerprint density at radius 2 is 2.35 bits per heavy atom. The lowest BCUT2D eigenvalue weighted by molar-refractivity contribution is -0.389. The number of nitrogens with one attached hydrogen (secondary N) is 3. The Morgan fingerprint density at radius 3 is 2.88 bits per heavy atom. The lowest BCUT2D eigenvalue weighted by Crippen LogP contribution is -2.47. The second kappa shape index (κ2) is 4.17. The first-order valence-corrected chi connectivity index (χ1v) is 5.37. The molecule has 1 aromatic rings. The van der Waals surface area contributed by atoms with Crippen LogP contribution in [0.3, 0.4) is 0 Å². The third-order valence-electron chi connectivity index (χ3n) is 2.90. The molecular formula is C10H14N4O3. The van der Waals surface area contributed by atoms with Gasteiger partial charge in [0.2, 0.25) is 0 Å². The van der Waals surface area contributed by atoms with E-state index in [4.69, 9.17) is 0 Å². The molecule has 1 amide bonds. The average molecular weight is 238 g/mol. The van der Waals surface area contributed by atoms with Crippen LogP contribution >= 0.6 is 0 Å². The highest BCUT2D eigenvalue weighted by atomic mass is 16.6. The van der Waals surface area contributed by atoms with Crippen molar-refractivity contribution < 1.29 is 9.72 Å². The maximum Gasteiger partial charge on any atom is 0.321 e. The van der Waals surface area contributed by atoms with E-state index < -0.39 is 4.92 Å². The first kappa shape index (κ1) is 11.6. The summed E-state index contributed by atoms with van der Waals surface area (Å²) < 4.78 is 0.